The SMILES string of the molecule is C[C@@H]1CCC[C@@H](C)N1C(=O)COc1ccc(C(=O)NCCCCn2cnnc2)cc1. The molecule has 1 saturated heterocycles. The van der Waals surface area contributed by atoms with Gasteiger partial charge in [-0.05, 0) is 70.2 Å². The maximum atomic E-state index is 12.5. The van der Waals surface area contributed by atoms with Crippen molar-refractivity contribution >= 4 is 11.8 Å². The van der Waals surface area contributed by atoms with Gasteiger partial charge in [0.2, 0.25) is 0 Å². The van der Waals surface area contributed by atoms with E-state index in [1.165, 1.54) is 6.42 Å². The van der Waals surface area contributed by atoms with Crippen molar-refractivity contribution in [2.75, 3.05) is 13.2 Å². The number of amides is 2. The fourth-order valence-corrected chi connectivity index (χ4v) is 3.90. The monoisotopic (exact) mass is 413 g/mol. The number of nitrogens with zero attached hydrogens (tertiary/aromatic N) is 4. The minimum atomic E-state index is -0.113. The Labute approximate surface area is 177 Å². The fourth-order valence-electron chi connectivity index (χ4n) is 3.90. The molecule has 0 radical (unpaired) electrons. The van der Waals surface area contributed by atoms with Crippen molar-refractivity contribution < 1.29 is 14.3 Å². The summed E-state index contributed by atoms with van der Waals surface area (Å²) in [5, 5.41) is 10.4. The third-order valence-electron chi connectivity index (χ3n) is 5.56. The van der Waals surface area contributed by atoms with Gasteiger partial charge >= 0.3 is 0 Å². The number of piperidine rings is 1. The lowest BCUT2D eigenvalue weighted by atomic mass is 9.97. The van der Waals surface area contributed by atoms with Crippen molar-refractivity contribution in [3.8, 4) is 5.75 Å². The van der Waals surface area contributed by atoms with E-state index in [1.54, 1.807) is 36.9 Å². The summed E-state index contributed by atoms with van der Waals surface area (Å²) in [6.45, 7) is 5.65. The highest BCUT2D eigenvalue weighted by molar-refractivity contribution is 5.94. The summed E-state index contributed by atoms with van der Waals surface area (Å²) in [5.74, 6) is 0.493. The lowest BCUT2D eigenvalue weighted by molar-refractivity contribution is -0.139. The normalized spacial score (nSPS) is 18.8. The predicted molar refractivity (Wildman–Crippen MR) is 113 cm³/mol. The lowest BCUT2D eigenvalue weighted by Crippen LogP contribution is -2.49. The maximum Gasteiger partial charge on any atom is 0.260 e. The zero-order chi connectivity index (χ0) is 21.3. The first-order valence-electron chi connectivity index (χ1n) is 10.7. The summed E-state index contributed by atoms with van der Waals surface area (Å²) in [5.41, 5.74) is 0.575. The molecule has 0 saturated carbocycles. The molecule has 0 bridgehead atoms. The third kappa shape index (κ3) is 6.05. The van der Waals surface area contributed by atoms with Crippen molar-refractivity contribution in [3.05, 3.63) is 42.5 Å². The number of benzene rings is 1. The Kier molecular flexibility index (Phi) is 7.82. The van der Waals surface area contributed by atoms with E-state index in [-0.39, 0.29) is 30.5 Å². The smallest absolute Gasteiger partial charge is 0.260 e. The van der Waals surface area contributed by atoms with E-state index < -0.39 is 0 Å². The number of carbonyl (C=O) groups excluding carboxylic acids is 2. The van der Waals surface area contributed by atoms with Crippen LogP contribution in [0.25, 0.3) is 0 Å². The first-order valence-corrected chi connectivity index (χ1v) is 10.7. The van der Waals surface area contributed by atoms with Crippen molar-refractivity contribution in [2.45, 2.75) is 64.6 Å². The van der Waals surface area contributed by atoms with Crippen molar-refractivity contribution in [3.63, 3.8) is 0 Å². The standard InChI is InChI=1S/C22H31N5O3/c1-17-6-5-7-18(2)27(17)21(28)14-30-20-10-8-19(9-11-20)22(29)23-12-3-4-13-26-15-24-25-16-26/h8-11,15-18H,3-7,12-14H2,1-2H3,(H,23,29)/t17-,18-/m1/s1. The Morgan fingerprint density at radius 3 is 2.40 bits per heavy atom. The van der Waals surface area contributed by atoms with Gasteiger partial charge in [0.05, 0.1) is 0 Å². The molecule has 0 aliphatic carbocycles. The largest absolute Gasteiger partial charge is 0.484 e. The van der Waals surface area contributed by atoms with Gasteiger partial charge in [-0.1, -0.05) is 0 Å². The number of aryl methyl sites for hydroxylation is 1. The van der Waals surface area contributed by atoms with Gasteiger partial charge in [-0.2, -0.15) is 0 Å². The Hall–Kier alpha value is -2.90. The van der Waals surface area contributed by atoms with Crippen molar-refractivity contribution in [1.82, 2.24) is 25.0 Å². The number of hydrogen-bond acceptors (Lipinski definition) is 5. The van der Waals surface area contributed by atoms with E-state index >= 15 is 0 Å². The Bertz CT molecular complexity index is 797. The number of aromatic nitrogens is 3. The fraction of sp³-hybridized carbons (Fsp3) is 0.545. The summed E-state index contributed by atoms with van der Waals surface area (Å²) >= 11 is 0. The van der Waals surface area contributed by atoms with Crippen molar-refractivity contribution in [2.24, 2.45) is 0 Å². The zero-order valence-corrected chi connectivity index (χ0v) is 17.8. The van der Waals surface area contributed by atoms with Crippen LogP contribution in [-0.2, 0) is 11.3 Å². The first kappa shape index (κ1) is 21.8. The topological polar surface area (TPSA) is 89.4 Å². The number of carbonyl (C=O) groups is 2. The van der Waals surface area contributed by atoms with E-state index in [2.05, 4.69) is 29.4 Å². The van der Waals surface area contributed by atoms with Gasteiger partial charge in [0.15, 0.2) is 6.61 Å². The summed E-state index contributed by atoms with van der Waals surface area (Å²) in [7, 11) is 0. The molecule has 2 atom stereocenters. The lowest BCUT2D eigenvalue weighted by Gasteiger charge is -2.38. The van der Waals surface area contributed by atoms with Crippen LogP contribution in [0.1, 0.15) is 56.3 Å². The molecule has 1 aliphatic heterocycles. The highest BCUT2D eigenvalue weighted by Crippen LogP contribution is 2.23. The molecule has 1 aromatic carbocycles. The van der Waals surface area contributed by atoms with Gasteiger partial charge in [-0.15, -0.1) is 10.2 Å². The van der Waals surface area contributed by atoms with Crippen LogP contribution >= 0.6 is 0 Å². The van der Waals surface area contributed by atoms with E-state index in [9.17, 15) is 9.59 Å². The number of unbranched alkanes of at least 4 members (excludes halogenated alkanes) is 1. The number of rotatable bonds is 9. The van der Waals surface area contributed by atoms with Crippen LogP contribution in [0.5, 0.6) is 5.75 Å². The summed E-state index contributed by atoms with van der Waals surface area (Å²) in [4.78, 5) is 26.7. The second-order valence-corrected chi connectivity index (χ2v) is 7.91. The van der Waals surface area contributed by atoms with Crippen LogP contribution in [0.15, 0.2) is 36.9 Å². The molecule has 0 unspecified atom stereocenters. The molecule has 3 rings (SSSR count). The summed E-state index contributed by atoms with van der Waals surface area (Å²) < 4.78 is 7.58. The molecule has 30 heavy (non-hydrogen) atoms. The molecule has 1 fully saturated rings. The van der Waals surface area contributed by atoms with Gasteiger partial charge in [0, 0.05) is 30.7 Å². The minimum absolute atomic E-state index is 0.0167. The second-order valence-electron chi connectivity index (χ2n) is 7.91. The van der Waals surface area contributed by atoms with Crippen LogP contribution in [-0.4, -0.2) is 56.7 Å². The second kappa shape index (κ2) is 10.8. The average molecular weight is 414 g/mol. The molecule has 1 N–H and O–H groups in total. The van der Waals surface area contributed by atoms with Gasteiger partial charge in [-0.3, -0.25) is 9.59 Å². The van der Waals surface area contributed by atoms with Gasteiger partial charge in [0.1, 0.15) is 18.4 Å². The Morgan fingerprint density at radius 2 is 1.73 bits per heavy atom. The molecule has 0 spiro atoms. The highest BCUT2D eigenvalue weighted by Gasteiger charge is 2.28. The van der Waals surface area contributed by atoms with E-state index in [4.69, 9.17) is 4.74 Å². The molecule has 1 aliphatic rings. The van der Waals surface area contributed by atoms with Crippen LogP contribution in [0.3, 0.4) is 0 Å². The zero-order valence-electron chi connectivity index (χ0n) is 17.8. The maximum absolute atomic E-state index is 12.5. The van der Waals surface area contributed by atoms with E-state index in [0.717, 1.165) is 32.2 Å². The van der Waals surface area contributed by atoms with Crippen LogP contribution in [0.2, 0.25) is 0 Å². The summed E-state index contributed by atoms with van der Waals surface area (Å²) in [6, 6.07) is 7.42. The Morgan fingerprint density at radius 1 is 1.07 bits per heavy atom. The molecule has 8 heteroatoms. The molecule has 2 heterocycles. The van der Waals surface area contributed by atoms with Gasteiger partial charge < -0.3 is 19.5 Å². The number of ether oxygens (including phenoxy) is 1. The molecule has 1 aromatic heterocycles. The van der Waals surface area contributed by atoms with E-state index in [0.29, 0.717) is 17.9 Å². The molecule has 2 aromatic rings. The third-order valence-corrected chi connectivity index (χ3v) is 5.56. The molecular weight excluding hydrogens is 382 g/mol. The average Bonchev–Trinajstić information content (AvgIpc) is 3.25. The van der Waals surface area contributed by atoms with Crippen LogP contribution < -0.4 is 10.1 Å². The molecular formula is C22H31N5O3. The van der Waals surface area contributed by atoms with Gasteiger partial charge in [0.25, 0.3) is 11.8 Å². The quantitative estimate of drug-likeness (QED) is 0.639. The number of nitrogens with one attached hydrogen (secondary N) is 1. The molecule has 162 valence electrons. The first-order chi connectivity index (χ1) is 14.5. The van der Waals surface area contributed by atoms with Crippen LogP contribution in [0, 0.1) is 0 Å². The van der Waals surface area contributed by atoms with Crippen molar-refractivity contribution in [1.29, 1.82) is 0 Å². The highest BCUT2D eigenvalue weighted by atomic mass is 16.5. The van der Waals surface area contributed by atoms with E-state index in [1.807, 2.05) is 9.47 Å². The van der Waals surface area contributed by atoms with Gasteiger partial charge in [-0.25, -0.2) is 0 Å². The molecule has 2 amide bonds. The summed E-state index contributed by atoms with van der Waals surface area (Å²) in [6.07, 6.45) is 8.43. The number of likely N-dealkylation sites (tertiary alicyclic amines) is 1. The van der Waals surface area contributed by atoms with Crippen LogP contribution in [0.4, 0.5) is 0 Å². The minimum Gasteiger partial charge on any atom is -0.484 e. The Balaban J connectivity index is 1.38. The molecule has 8 nitrogen and oxygen atoms in total. The number of hydrogen-bond donors (Lipinski definition) is 1. The predicted octanol–water partition coefficient (Wildman–Crippen LogP) is 2.66.